The van der Waals surface area contributed by atoms with Gasteiger partial charge in [-0.1, -0.05) is 5.21 Å². The highest BCUT2D eigenvalue weighted by Crippen LogP contribution is 2.30. The minimum absolute atomic E-state index is 0.0488. The van der Waals surface area contributed by atoms with Crippen molar-refractivity contribution >= 4 is 11.2 Å². The van der Waals surface area contributed by atoms with Gasteiger partial charge in [0.2, 0.25) is 0 Å². The van der Waals surface area contributed by atoms with Gasteiger partial charge in [0.15, 0.2) is 17.4 Å². The summed E-state index contributed by atoms with van der Waals surface area (Å²) >= 11 is 0. The highest BCUT2D eigenvalue weighted by Gasteiger charge is 2.44. The van der Waals surface area contributed by atoms with Gasteiger partial charge >= 0.3 is 0 Å². The molecule has 1 saturated heterocycles. The smallest absolute Gasteiger partial charge is 0.295 e. The minimum Gasteiger partial charge on any atom is -0.394 e. The minimum atomic E-state index is -1.27. The lowest BCUT2D eigenvalue weighted by molar-refractivity contribution is -0.0511. The van der Waals surface area contributed by atoms with Crippen LogP contribution in [-0.2, 0) is 4.74 Å². The molecule has 0 aromatic carbocycles. The normalized spacial score (nSPS) is 31.1. The third kappa shape index (κ3) is 1.73. The molecule has 0 bridgehead atoms. The number of fused-ring (bicyclic) bond motifs is 1. The summed E-state index contributed by atoms with van der Waals surface area (Å²) in [6, 6.07) is 0. The average molecular weight is 269 g/mol. The number of rotatable bonds is 2. The summed E-state index contributed by atoms with van der Waals surface area (Å²) in [5, 5.41) is 37.8. The second-order valence-corrected chi connectivity index (χ2v) is 4.19. The standard InChI is InChI=1S/C9H11N5O5/c15-1-3-5(16)6(17)9(19-3)14-2-10-4-7(14)11-13-12-8(4)18/h2-3,5-6,9,15-17H,1H2,(H,11,12,18)/t3-,5+,6-,9+/m0/s1. The number of ether oxygens (including phenoxy) is 1. The summed E-state index contributed by atoms with van der Waals surface area (Å²) in [6.07, 6.45) is -3.15. The highest BCUT2D eigenvalue weighted by molar-refractivity contribution is 5.68. The number of aliphatic hydroxyl groups excluding tert-OH is 3. The molecule has 1 aliphatic rings. The molecule has 0 aliphatic carbocycles. The molecule has 0 saturated carbocycles. The Morgan fingerprint density at radius 2 is 2.21 bits per heavy atom. The van der Waals surface area contributed by atoms with Crippen molar-refractivity contribution in [2.45, 2.75) is 24.5 Å². The second-order valence-electron chi connectivity index (χ2n) is 4.19. The molecule has 1 fully saturated rings. The number of nitrogens with zero attached hydrogens (tertiary/aromatic N) is 4. The molecule has 1 aliphatic heterocycles. The van der Waals surface area contributed by atoms with E-state index in [2.05, 4.69) is 20.4 Å². The van der Waals surface area contributed by atoms with Crippen LogP contribution >= 0.6 is 0 Å². The fraction of sp³-hybridized carbons (Fsp3) is 0.556. The second kappa shape index (κ2) is 4.35. The first kappa shape index (κ1) is 12.2. The van der Waals surface area contributed by atoms with Gasteiger partial charge in [-0.3, -0.25) is 9.36 Å². The SMILES string of the molecule is O=c1[nH]nnc2c1ncn2[C@@H]1O[C@@H](CO)[C@@H](O)[C@@H]1O. The lowest BCUT2D eigenvalue weighted by atomic mass is 10.1. The third-order valence-electron chi connectivity index (χ3n) is 3.07. The summed E-state index contributed by atoms with van der Waals surface area (Å²) in [5.74, 6) is 0. The molecule has 0 unspecified atom stereocenters. The van der Waals surface area contributed by atoms with Crippen molar-refractivity contribution in [3.63, 3.8) is 0 Å². The zero-order valence-electron chi connectivity index (χ0n) is 9.54. The third-order valence-corrected chi connectivity index (χ3v) is 3.07. The molecule has 3 heterocycles. The Morgan fingerprint density at radius 3 is 2.89 bits per heavy atom. The number of nitrogens with one attached hydrogen (secondary N) is 1. The van der Waals surface area contributed by atoms with Gasteiger partial charge in [0, 0.05) is 0 Å². The van der Waals surface area contributed by atoms with Crippen LogP contribution in [0.15, 0.2) is 11.1 Å². The van der Waals surface area contributed by atoms with Gasteiger partial charge in [-0.15, -0.1) is 5.10 Å². The van der Waals surface area contributed by atoms with E-state index in [9.17, 15) is 15.0 Å². The summed E-state index contributed by atoms with van der Waals surface area (Å²) in [5.41, 5.74) is -0.346. The predicted molar refractivity (Wildman–Crippen MR) is 59.0 cm³/mol. The average Bonchev–Trinajstić information content (AvgIpc) is 2.94. The van der Waals surface area contributed by atoms with E-state index in [1.54, 1.807) is 0 Å². The molecule has 4 atom stereocenters. The van der Waals surface area contributed by atoms with E-state index < -0.39 is 36.7 Å². The largest absolute Gasteiger partial charge is 0.394 e. The maximum atomic E-state index is 11.4. The number of imidazole rings is 1. The van der Waals surface area contributed by atoms with Crippen molar-refractivity contribution in [3.05, 3.63) is 16.7 Å². The first-order valence-electron chi connectivity index (χ1n) is 5.54. The van der Waals surface area contributed by atoms with Crippen LogP contribution in [0.25, 0.3) is 11.2 Å². The van der Waals surface area contributed by atoms with Crippen molar-refractivity contribution in [1.82, 2.24) is 25.0 Å². The monoisotopic (exact) mass is 269 g/mol. The van der Waals surface area contributed by atoms with Gasteiger partial charge in [-0.2, -0.15) is 0 Å². The maximum absolute atomic E-state index is 11.4. The topological polar surface area (TPSA) is 146 Å². The lowest BCUT2D eigenvalue weighted by Gasteiger charge is -2.15. The maximum Gasteiger partial charge on any atom is 0.295 e. The van der Waals surface area contributed by atoms with Gasteiger partial charge in [0.25, 0.3) is 5.56 Å². The fourth-order valence-corrected chi connectivity index (χ4v) is 2.08. The summed E-state index contributed by atoms with van der Waals surface area (Å²) in [4.78, 5) is 15.3. The Labute approximate surface area is 105 Å². The fourth-order valence-electron chi connectivity index (χ4n) is 2.08. The van der Waals surface area contributed by atoms with Gasteiger partial charge in [0.05, 0.1) is 12.9 Å². The van der Waals surface area contributed by atoms with E-state index in [-0.39, 0.29) is 11.2 Å². The molecular weight excluding hydrogens is 258 g/mol. The lowest BCUT2D eigenvalue weighted by Crippen LogP contribution is -2.33. The van der Waals surface area contributed by atoms with E-state index in [1.807, 2.05) is 0 Å². The van der Waals surface area contributed by atoms with E-state index >= 15 is 0 Å². The number of H-pyrrole nitrogens is 1. The van der Waals surface area contributed by atoms with Gasteiger partial charge in [0.1, 0.15) is 18.3 Å². The highest BCUT2D eigenvalue weighted by atomic mass is 16.6. The molecular formula is C9H11N5O5. The molecule has 0 amide bonds. The van der Waals surface area contributed by atoms with Crippen molar-refractivity contribution in [2.24, 2.45) is 0 Å². The van der Waals surface area contributed by atoms with E-state index in [0.717, 1.165) is 0 Å². The Bertz CT molecular complexity index is 654. The molecule has 2 aromatic rings. The van der Waals surface area contributed by atoms with Crippen LogP contribution in [0, 0.1) is 0 Å². The quantitative estimate of drug-likeness (QED) is 0.455. The van der Waals surface area contributed by atoms with Crippen LogP contribution < -0.4 is 5.56 Å². The Morgan fingerprint density at radius 1 is 1.42 bits per heavy atom. The number of aliphatic hydroxyl groups is 3. The van der Waals surface area contributed by atoms with E-state index in [4.69, 9.17) is 9.84 Å². The summed E-state index contributed by atoms with van der Waals surface area (Å²) in [7, 11) is 0. The molecule has 0 radical (unpaired) electrons. The molecule has 19 heavy (non-hydrogen) atoms. The van der Waals surface area contributed by atoms with Crippen molar-refractivity contribution in [1.29, 1.82) is 0 Å². The van der Waals surface area contributed by atoms with Crippen molar-refractivity contribution < 1.29 is 20.1 Å². The van der Waals surface area contributed by atoms with Crippen LogP contribution in [0.5, 0.6) is 0 Å². The van der Waals surface area contributed by atoms with Gasteiger partial charge in [-0.25, -0.2) is 10.1 Å². The van der Waals surface area contributed by atoms with Crippen LogP contribution in [0.3, 0.4) is 0 Å². The molecule has 10 heteroatoms. The first-order valence-corrected chi connectivity index (χ1v) is 5.54. The molecule has 3 rings (SSSR count). The number of hydrogen-bond acceptors (Lipinski definition) is 8. The van der Waals surface area contributed by atoms with Crippen LogP contribution in [0.2, 0.25) is 0 Å². The van der Waals surface area contributed by atoms with Crippen LogP contribution in [0.1, 0.15) is 6.23 Å². The molecule has 4 N–H and O–H groups in total. The molecule has 2 aromatic heterocycles. The Kier molecular flexibility index (Phi) is 2.78. The molecule has 10 nitrogen and oxygen atoms in total. The Hall–Kier alpha value is -1.88. The van der Waals surface area contributed by atoms with Crippen LogP contribution in [0.4, 0.5) is 0 Å². The van der Waals surface area contributed by atoms with Crippen molar-refractivity contribution in [2.75, 3.05) is 6.61 Å². The zero-order valence-corrected chi connectivity index (χ0v) is 9.54. The first-order chi connectivity index (χ1) is 9.13. The van der Waals surface area contributed by atoms with Gasteiger partial charge in [-0.05, 0) is 0 Å². The number of aromatic amines is 1. The Balaban J connectivity index is 2.06. The summed E-state index contributed by atoms with van der Waals surface area (Å²) in [6.45, 7) is -0.437. The molecule has 0 spiro atoms. The van der Waals surface area contributed by atoms with E-state index in [0.29, 0.717) is 0 Å². The zero-order chi connectivity index (χ0) is 13.6. The van der Waals surface area contributed by atoms with Crippen molar-refractivity contribution in [3.8, 4) is 0 Å². The predicted octanol–water partition coefficient (Wildman–Crippen LogP) is -2.87. The van der Waals surface area contributed by atoms with Crippen LogP contribution in [-0.4, -0.2) is 65.2 Å². The molecule has 102 valence electrons. The summed E-state index contributed by atoms with van der Waals surface area (Å²) < 4.78 is 6.61. The van der Waals surface area contributed by atoms with Gasteiger partial charge < -0.3 is 20.1 Å². The van der Waals surface area contributed by atoms with E-state index in [1.165, 1.54) is 10.9 Å². The number of hydrogen-bond donors (Lipinski definition) is 4. The number of aromatic nitrogens is 5.